The van der Waals surface area contributed by atoms with E-state index in [-0.39, 0.29) is 17.4 Å². The molecular formula is C30H58N2O9. The van der Waals surface area contributed by atoms with Gasteiger partial charge in [0.1, 0.15) is 0 Å². The first-order chi connectivity index (χ1) is 19.7. The smallest absolute Gasteiger partial charge is 0.224 e. The average Bonchev–Trinajstić information content (AvgIpc) is 2.92. The summed E-state index contributed by atoms with van der Waals surface area (Å²) >= 11 is 0. The summed E-state index contributed by atoms with van der Waals surface area (Å²) in [6.07, 6.45) is 3.00. The Hall–Kier alpha value is -1.34. The fourth-order valence-electron chi connectivity index (χ4n) is 4.20. The van der Waals surface area contributed by atoms with Crippen LogP contribution in [0.2, 0.25) is 0 Å². The third kappa shape index (κ3) is 22.9. The third-order valence-corrected chi connectivity index (χ3v) is 6.52. The van der Waals surface area contributed by atoms with Gasteiger partial charge >= 0.3 is 0 Å². The van der Waals surface area contributed by atoms with Gasteiger partial charge in [0, 0.05) is 25.0 Å². The lowest BCUT2D eigenvalue weighted by atomic mass is 9.86. The van der Waals surface area contributed by atoms with Crippen LogP contribution in [0.5, 0.6) is 0 Å². The van der Waals surface area contributed by atoms with Crippen LogP contribution >= 0.6 is 0 Å². The fourth-order valence-corrected chi connectivity index (χ4v) is 4.20. The van der Waals surface area contributed by atoms with E-state index in [1.165, 1.54) is 0 Å². The second kappa shape index (κ2) is 24.1. The molecule has 0 aromatic rings. The molecule has 1 heterocycles. The van der Waals surface area contributed by atoms with Crippen LogP contribution in [-0.4, -0.2) is 128 Å². The zero-order valence-electron chi connectivity index (χ0n) is 26.4. The number of carbonyl (C=O) groups excluding carboxylic acids is 2. The molecule has 0 spiro atoms. The van der Waals surface area contributed by atoms with E-state index >= 15 is 0 Å². The van der Waals surface area contributed by atoms with Crippen molar-refractivity contribution >= 4 is 11.8 Å². The number of likely N-dealkylation sites (tertiary alicyclic amines) is 1. The van der Waals surface area contributed by atoms with E-state index in [2.05, 4.69) is 19.2 Å². The maximum absolute atomic E-state index is 12.3. The van der Waals surface area contributed by atoms with Gasteiger partial charge in [-0.25, -0.2) is 0 Å². The molecule has 1 aliphatic heterocycles. The molecule has 0 aromatic heterocycles. The number of carbonyl (C=O) groups is 2. The van der Waals surface area contributed by atoms with Crippen LogP contribution in [0.3, 0.4) is 0 Å². The van der Waals surface area contributed by atoms with E-state index in [1.54, 1.807) is 0 Å². The molecule has 0 saturated carbocycles. The minimum Gasteiger partial charge on any atom is -0.379 e. The Morgan fingerprint density at radius 1 is 0.634 bits per heavy atom. The van der Waals surface area contributed by atoms with Gasteiger partial charge in [-0.15, -0.1) is 0 Å². The van der Waals surface area contributed by atoms with Crippen LogP contribution in [0.4, 0.5) is 0 Å². The maximum Gasteiger partial charge on any atom is 0.224 e. The molecule has 11 nitrogen and oxygen atoms in total. The summed E-state index contributed by atoms with van der Waals surface area (Å²) in [5, 5.41) is 2.89. The van der Waals surface area contributed by atoms with Crippen molar-refractivity contribution in [3.63, 3.8) is 0 Å². The molecule has 0 aromatic carbocycles. The standard InChI is InChI=1S/C30H58N2O9/c1-26(2)27-6-10-32(11-7-27)29(34)9-13-36-15-17-38-19-21-40-23-25-41-24-22-39-20-18-37-16-14-35-12-8-28(33)31-30(3,4)5/h26-27H,6-25H2,1-5H3,(H,31,33). The number of nitrogens with zero attached hydrogens (tertiary/aromatic N) is 1. The summed E-state index contributed by atoms with van der Waals surface area (Å²) < 4.78 is 38.3. The molecule has 1 rings (SSSR count). The number of amides is 2. The van der Waals surface area contributed by atoms with Crippen molar-refractivity contribution in [3.8, 4) is 0 Å². The number of nitrogens with one attached hydrogen (secondary N) is 1. The van der Waals surface area contributed by atoms with Crippen molar-refractivity contribution in [2.45, 2.75) is 65.8 Å². The Balaban J connectivity index is 1.72. The van der Waals surface area contributed by atoms with Gasteiger partial charge in [-0.3, -0.25) is 9.59 Å². The average molecular weight is 591 g/mol. The van der Waals surface area contributed by atoms with E-state index < -0.39 is 0 Å². The van der Waals surface area contributed by atoms with Crippen LogP contribution in [0.25, 0.3) is 0 Å². The lowest BCUT2D eigenvalue weighted by Gasteiger charge is -2.34. The van der Waals surface area contributed by atoms with E-state index in [4.69, 9.17) is 33.2 Å². The first kappa shape index (κ1) is 37.7. The Labute approximate surface area is 248 Å². The van der Waals surface area contributed by atoms with Gasteiger partial charge in [-0.1, -0.05) is 13.8 Å². The quantitative estimate of drug-likeness (QED) is 0.160. The van der Waals surface area contributed by atoms with E-state index in [9.17, 15) is 9.59 Å². The SMILES string of the molecule is CC(C)C1CCN(C(=O)CCOCCOCCOCCOCCOCCOCCOCCC(=O)NC(C)(C)C)CC1. The highest BCUT2D eigenvalue weighted by atomic mass is 16.6. The highest BCUT2D eigenvalue weighted by molar-refractivity contribution is 5.76. The van der Waals surface area contributed by atoms with Crippen LogP contribution in [-0.2, 0) is 42.7 Å². The largest absolute Gasteiger partial charge is 0.379 e. The fraction of sp³-hybridized carbons (Fsp3) is 0.933. The lowest BCUT2D eigenvalue weighted by molar-refractivity contribution is -0.134. The van der Waals surface area contributed by atoms with E-state index in [0.29, 0.717) is 111 Å². The van der Waals surface area contributed by atoms with Gasteiger partial charge in [0.05, 0.1) is 98.9 Å². The zero-order chi connectivity index (χ0) is 30.2. The molecule has 41 heavy (non-hydrogen) atoms. The van der Waals surface area contributed by atoms with E-state index in [0.717, 1.165) is 31.8 Å². The summed E-state index contributed by atoms with van der Waals surface area (Å²) in [6.45, 7) is 18.8. The van der Waals surface area contributed by atoms with Gasteiger partial charge in [-0.05, 0) is 45.4 Å². The number of hydrogen-bond acceptors (Lipinski definition) is 9. The summed E-state index contributed by atoms with van der Waals surface area (Å²) in [5.41, 5.74) is -0.221. The Morgan fingerprint density at radius 2 is 0.976 bits per heavy atom. The Bertz CT molecular complexity index is 650. The van der Waals surface area contributed by atoms with Gasteiger partial charge in [0.2, 0.25) is 11.8 Å². The van der Waals surface area contributed by atoms with Crippen LogP contribution in [0, 0.1) is 11.8 Å². The van der Waals surface area contributed by atoms with Gasteiger partial charge < -0.3 is 43.4 Å². The van der Waals surface area contributed by atoms with Gasteiger partial charge in [0.15, 0.2) is 0 Å². The van der Waals surface area contributed by atoms with Crippen molar-refractivity contribution in [2.24, 2.45) is 11.8 Å². The predicted octanol–water partition coefficient (Wildman–Crippen LogP) is 2.69. The summed E-state index contributed by atoms with van der Waals surface area (Å²) in [7, 11) is 0. The molecule has 0 unspecified atom stereocenters. The first-order valence-corrected chi connectivity index (χ1v) is 15.3. The number of hydrogen-bond donors (Lipinski definition) is 1. The van der Waals surface area contributed by atoms with Crippen molar-refractivity contribution in [2.75, 3.05) is 106 Å². The number of piperidine rings is 1. The van der Waals surface area contributed by atoms with E-state index in [1.807, 2.05) is 25.7 Å². The summed E-state index contributed by atoms with van der Waals surface area (Å²) in [6, 6.07) is 0. The monoisotopic (exact) mass is 590 g/mol. The second-order valence-electron chi connectivity index (χ2n) is 11.5. The van der Waals surface area contributed by atoms with Gasteiger partial charge in [0.25, 0.3) is 0 Å². The normalized spacial score (nSPS) is 14.6. The molecule has 2 amide bonds. The number of rotatable bonds is 25. The molecule has 1 fully saturated rings. The number of ether oxygens (including phenoxy) is 7. The highest BCUT2D eigenvalue weighted by Gasteiger charge is 2.24. The minimum absolute atomic E-state index is 0.0131. The van der Waals surface area contributed by atoms with Crippen molar-refractivity contribution in [3.05, 3.63) is 0 Å². The highest BCUT2D eigenvalue weighted by Crippen LogP contribution is 2.24. The predicted molar refractivity (Wildman–Crippen MR) is 157 cm³/mol. The van der Waals surface area contributed by atoms with Gasteiger partial charge in [-0.2, -0.15) is 0 Å². The van der Waals surface area contributed by atoms with Crippen molar-refractivity contribution < 1.29 is 42.7 Å². The Morgan fingerprint density at radius 3 is 1.32 bits per heavy atom. The molecular weight excluding hydrogens is 532 g/mol. The molecule has 0 radical (unpaired) electrons. The molecule has 0 bridgehead atoms. The minimum atomic E-state index is -0.221. The van der Waals surface area contributed by atoms with Crippen LogP contribution < -0.4 is 5.32 Å². The first-order valence-electron chi connectivity index (χ1n) is 15.3. The summed E-state index contributed by atoms with van der Waals surface area (Å²) in [5.74, 6) is 1.62. The summed E-state index contributed by atoms with van der Waals surface area (Å²) in [4.78, 5) is 25.9. The second-order valence-corrected chi connectivity index (χ2v) is 11.5. The van der Waals surface area contributed by atoms with Crippen LogP contribution in [0.1, 0.15) is 60.3 Å². The zero-order valence-corrected chi connectivity index (χ0v) is 26.4. The Kier molecular flexibility index (Phi) is 22.2. The lowest BCUT2D eigenvalue weighted by Crippen LogP contribution is -2.40. The molecule has 1 saturated heterocycles. The molecule has 1 aliphatic rings. The third-order valence-electron chi connectivity index (χ3n) is 6.52. The molecule has 0 aliphatic carbocycles. The molecule has 0 atom stereocenters. The maximum atomic E-state index is 12.3. The molecule has 11 heteroatoms. The van der Waals surface area contributed by atoms with Crippen LogP contribution in [0.15, 0.2) is 0 Å². The van der Waals surface area contributed by atoms with Crippen molar-refractivity contribution in [1.29, 1.82) is 0 Å². The van der Waals surface area contributed by atoms with Crippen molar-refractivity contribution in [1.82, 2.24) is 10.2 Å². The molecule has 242 valence electrons. The topological polar surface area (TPSA) is 114 Å². The molecule has 1 N–H and O–H groups in total.